The number of fused-ring (bicyclic) bond motifs is 1. The molecule has 0 atom stereocenters. The van der Waals surface area contributed by atoms with Crippen LogP contribution in [0.15, 0.2) is 45.6 Å². The van der Waals surface area contributed by atoms with Crippen molar-refractivity contribution in [3.05, 3.63) is 63.5 Å². The van der Waals surface area contributed by atoms with Crippen LogP contribution >= 0.6 is 0 Å². The van der Waals surface area contributed by atoms with Crippen LogP contribution in [-0.4, -0.2) is 27.2 Å². The normalized spacial score (nSPS) is 10.6. The van der Waals surface area contributed by atoms with Crippen molar-refractivity contribution >= 4 is 16.9 Å². The van der Waals surface area contributed by atoms with Crippen molar-refractivity contribution in [2.24, 2.45) is 0 Å². The molecule has 1 heterocycles. The Kier molecular flexibility index (Phi) is 6.07. The number of aryl methyl sites for hydroxylation is 1. The van der Waals surface area contributed by atoms with Crippen molar-refractivity contribution in [2.45, 2.75) is 19.9 Å². The molecule has 0 saturated carbocycles. The van der Waals surface area contributed by atoms with Gasteiger partial charge >= 0.3 is 5.63 Å². The Morgan fingerprint density at radius 1 is 1.00 bits per heavy atom. The number of carbonyl (C=O) groups is 1. The summed E-state index contributed by atoms with van der Waals surface area (Å²) in [6, 6.07) is 10.2. The van der Waals surface area contributed by atoms with Crippen LogP contribution in [0.25, 0.3) is 11.0 Å². The lowest BCUT2D eigenvalue weighted by atomic mass is 10.1. The van der Waals surface area contributed by atoms with Gasteiger partial charge in [-0.1, -0.05) is 13.0 Å². The maximum atomic E-state index is 12.7. The molecule has 3 rings (SSSR count). The van der Waals surface area contributed by atoms with Gasteiger partial charge in [-0.15, -0.1) is 0 Å². The van der Waals surface area contributed by atoms with Crippen LogP contribution in [0, 0.1) is 0 Å². The highest BCUT2D eigenvalue weighted by Gasteiger charge is 2.17. The first-order valence-electron chi connectivity index (χ1n) is 9.14. The van der Waals surface area contributed by atoms with Crippen molar-refractivity contribution in [1.82, 2.24) is 5.32 Å². The van der Waals surface area contributed by atoms with Gasteiger partial charge in [0.25, 0.3) is 5.91 Å². The molecule has 0 spiro atoms. The van der Waals surface area contributed by atoms with Gasteiger partial charge in [0, 0.05) is 23.6 Å². The summed E-state index contributed by atoms with van der Waals surface area (Å²) in [4.78, 5) is 24.6. The molecule has 0 aliphatic carbocycles. The minimum absolute atomic E-state index is 0.171. The third-order valence-corrected chi connectivity index (χ3v) is 4.67. The van der Waals surface area contributed by atoms with Gasteiger partial charge < -0.3 is 23.9 Å². The first kappa shape index (κ1) is 20.3. The largest absolute Gasteiger partial charge is 0.493 e. The zero-order valence-electron chi connectivity index (χ0n) is 16.8. The highest BCUT2D eigenvalue weighted by molar-refractivity contribution is 5.96. The molecule has 2 aromatic carbocycles. The SMILES string of the molecule is CCc1ccc2oc(=O)cc(CNC(=O)c3cc(OC)c(OC)c(OC)c3)c2c1. The Morgan fingerprint density at radius 3 is 2.28 bits per heavy atom. The first-order chi connectivity index (χ1) is 14.0. The molecule has 0 saturated heterocycles. The third-order valence-electron chi connectivity index (χ3n) is 4.67. The van der Waals surface area contributed by atoms with Crippen molar-refractivity contribution < 1.29 is 23.4 Å². The van der Waals surface area contributed by atoms with E-state index in [9.17, 15) is 9.59 Å². The monoisotopic (exact) mass is 397 g/mol. The standard InChI is InChI=1S/C22H23NO6/c1-5-13-6-7-17-16(8-13)15(11-20(24)29-17)12-23-22(25)14-9-18(26-2)21(28-4)19(10-14)27-3/h6-11H,5,12H2,1-4H3,(H,23,25). The number of hydrogen-bond acceptors (Lipinski definition) is 6. The number of hydrogen-bond donors (Lipinski definition) is 1. The van der Waals surface area contributed by atoms with Gasteiger partial charge in [0.15, 0.2) is 11.5 Å². The Balaban J connectivity index is 1.90. The molecule has 0 bridgehead atoms. The maximum Gasteiger partial charge on any atom is 0.336 e. The molecule has 152 valence electrons. The molecule has 1 aromatic heterocycles. The fraction of sp³-hybridized carbons (Fsp3) is 0.273. The number of rotatable bonds is 7. The smallest absolute Gasteiger partial charge is 0.336 e. The third kappa shape index (κ3) is 4.18. The van der Waals surface area contributed by atoms with E-state index in [2.05, 4.69) is 5.32 Å². The number of ether oxygens (including phenoxy) is 3. The molecule has 1 N–H and O–H groups in total. The Morgan fingerprint density at radius 2 is 1.69 bits per heavy atom. The second kappa shape index (κ2) is 8.68. The quantitative estimate of drug-likeness (QED) is 0.616. The minimum Gasteiger partial charge on any atom is -0.493 e. The minimum atomic E-state index is -0.459. The summed E-state index contributed by atoms with van der Waals surface area (Å²) >= 11 is 0. The Labute approximate surface area is 168 Å². The van der Waals surface area contributed by atoms with E-state index in [4.69, 9.17) is 18.6 Å². The van der Waals surface area contributed by atoms with Crippen molar-refractivity contribution in [3.63, 3.8) is 0 Å². The second-order valence-corrected chi connectivity index (χ2v) is 6.37. The van der Waals surface area contributed by atoms with Gasteiger partial charge in [0.05, 0.1) is 21.3 Å². The maximum absolute atomic E-state index is 12.7. The highest BCUT2D eigenvalue weighted by atomic mass is 16.5. The average molecular weight is 397 g/mol. The van der Waals surface area contributed by atoms with E-state index in [1.54, 1.807) is 18.2 Å². The van der Waals surface area contributed by atoms with E-state index < -0.39 is 5.63 Å². The van der Waals surface area contributed by atoms with E-state index in [1.165, 1.54) is 27.4 Å². The topological polar surface area (TPSA) is 87.0 Å². The van der Waals surface area contributed by atoms with Gasteiger partial charge in [0.1, 0.15) is 5.58 Å². The van der Waals surface area contributed by atoms with Crippen molar-refractivity contribution in [2.75, 3.05) is 21.3 Å². The van der Waals surface area contributed by atoms with Crippen LogP contribution < -0.4 is 25.2 Å². The molecule has 0 fully saturated rings. The predicted octanol–water partition coefficient (Wildman–Crippen LogP) is 3.31. The van der Waals surface area contributed by atoms with Crippen LogP contribution in [-0.2, 0) is 13.0 Å². The molecule has 7 heteroatoms. The van der Waals surface area contributed by atoms with Crippen LogP contribution in [0.2, 0.25) is 0 Å². The van der Waals surface area contributed by atoms with Gasteiger partial charge in [-0.3, -0.25) is 4.79 Å². The van der Waals surface area contributed by atoms with Crippen molar-refractivity contribution in [1.29, 1.82) is 0 Å². The number of nitrogens with one attached hydrogen (secondary N) is 1. The molecular weight excluding hydrogens is 374 g/mol. The van der Waals surface area contributed by atoms with Gasteiger partial charge in [0.2, 0.25) is 5.75 Å². The molecule has 7 nitrogen and oxygen atoms in total. The van der Waals surface area contributed by atoms with Crippen LogP contribution in [0.3, 0.4) is 0 Å². The van der Waals surface area contributed by atoms with Crippen molar-refractivity contribution in [3.8, 4) is 17.2 Å². The lowest BCUT2D eigenvalue weighted by Crippen LogP contribution is -2.23. The average Bonchev–Trinajstić information content (AvgIpc) is 2.75. The molecular formula is C22H23NO6. The van der Waals surface area contributed by atoms with E-state index in [1.807, 2.05) is 19.1 Å². The van der Waals surface area contributed by atoms with Gasteiger partial charge in [-0.2, -0.15) is 0 Å². The molecule has 29 heavy (non-hydrogen) atoms. The number of methoxy groups -OCH3 is 3. The summed E-state index contributed by atoms with van der Waals surface area (Å²) in [6.45, 7) is 2.22. The lowest BCUT2D eigenvalue weighted by molar-refractivity contribution is 0.0950. The van der Waals surface area contributed by atoms with Crippen LogP contribution in [0.1, 0.15) is 28.4 Å². The zero-order valence-corrected chi connectivity index (χ0v) is 16.8. The van der Waals surface area contributed by atoms with Gasteiger partial charge in [-0.05, 0) is 41.8 Å². The molecule has 0 unspecified atom stereocenters. The number of amides is 1. The second-order valence-electron chi connectivity index (χ2n) is 6.37. The summed E-state index contributed by atoms with van der Waals surface area (Å²) in [5.74, 6) is 0.841. The van der Waals surface area contributed by atoms with E-state index in [0.717, 1.165) is 17.4 Å². The molecule has 0 radical (unpaired) electrons. The molecule has 0 aliphatic rings. The molecule has 0 aliphatic heterocycles. The summed E-state index contributed by atoms with van der Waals surface area (Å²) in [5.41, 5.74) is 2.18. The summed E-state index contributed by atoms with van der Waals surface area (Å²) in [6.07, 6.45) is 0.853. The number of benzene rings is 2. The summed E-state index contributed by atoms with van der Waals surface area (Å²) < 4.78 is 21.1. The molecule has 3 aromatic rings. The summed E-state index contributed by atoms with van der Waals surface area (Å²) in [7, 11) is 4.47. The molecule has 1 amide bonds. The Hall–Kier alpha value is -3.48. The lowest BCUT2D eigenvalue weighted by Gasteiger charge is -2.14. The van der Waals surface area contributed by atoms with E-state index in [0.29, 0.717) is 34.0 Å². The fourth-order valence-electron chi connectivity index (χ4n) is 3.13. The van der Waals surface area contributed by atoms with E-state index >= 15 is 0 Å². The van der Waals surface area contributed by atoms with Crippen LogP contribution in [0.5, 0.6) is 17.2 Å². The fourth-order valence-corrected chi connectivity index (χ4v) is 3.13. The van der Waals surface area contributed by atoms with Gasteiger partial charge in [-0.25, -0.2) is 4.79 Å². The first-order valence-corrected chi connectivity index (χ1v) is 9.14. The van der Waals surface area contributed by atoms with E-state index in [-0.39, 0.29) is 12.5 Å². The van der Waals surface area contributed by atoms with Crippen LogP contribution in [0.4, 0.5) is 0 Å². The highest BCUT2D eigenvalue weighted by Crippen LogP contribution is 2.38. The Bertz CT molecular complexity index is 1080. The summed E-state index contributed by atoms with van der Waals surface area (Å²) in [5, 5.41) is 3.64. The number of carbonyl (C=O) groups excluding carboxylic acids is 1. The predicted molar refractivity (Wildman–Crippen MR) is 109 cm³/mol. The zero-order chi connectivity index (χ0) is 21.0.